The van der Waals surface area contributed by atoms with Gasteiger partial charge in [0.1, 0.15) is 0 Å². The molecule has 0 amide bonds. The first kappa shape index (κ1) is 12.2. The van der Waals surface area contributed by atoms with Gasteiger partial charge in [-0.15, -0.1) is 11.3 Å². The normalized spacial score (nSPS) is 25.8. The van der Waals surface area contributed by atoms with Crippen LogP contribution in [-0.4, -0.2) is 26.7 Å². The summed E-state index contributed by atoms with van der Waals surface area (Å²) >= 11 is 1.74. The third-order valence-electron chi connectivity index (χ3n) is 2.86. The molecule has 0 radical (unpaired) electrons. The first-order valence-corrected chi connectivity index (χ1v) is 8.16. The van der Waals surface area contributed by atoms with Gasteiger partial charge in [-0.2, -0.15) is 0 Å². The number of nitrogens with zero attached hydrogens (tertiary/aromatic N) is 1. The van der Waals surface area contributed by atoms with E-state index in [1.54, 1.807) is 11.3 Å². The maximum atomic E-state index is 11.2. The summed E-state index contributed by atoms with van der Waals surface area (Å²) < 4.78 is 11.2. The number of thiazole rings is 1. The van der Waals surface area contributed by atoms with Crippen LogP contribution in [0.3, 0.4) is 0 Å². The summed E-state index contributed by atoms with van der Waals surface area (Å²) in [5.41, 5.74) is 1.15. The number of nitrogens with one attached hydrogen (secondary N) is 1. The van der Waals surface area contributed by atoms with Crippen LogP contribution in [0.2, 0.25) is 0 Å². The Morgan fingerprint density at radius 1 is 1.56 bits per heavy atom. The predicted molar refractivity (Wildman–Crippen MR) is 69.2 cm³/mol. The van der Waals surface area contributed by atoms with E-state index in [0.717, 1.165) is 43.0 Å². The molecule has 90 valence electrons. The van der Waals surface area contributed by atoms with Gasteiger partial charge in [-0.3, -0.25) is 4.21 Å². The summed E-state index contributed by atoms with van der Waals surface area (Å²) in [5.74, 6) is 1.71. The van der Waals surface area contributed by atoms with Crippen molar-refractivity contribution in [3.8, 4) is 0 Å². The zero-order valence-corrected chi connectivity index (χ0v) is 11.2. The molecule has 1 aromatic heterocycles. The van der Waals surface area contributed by atoms with E-state index in [0.29, 0.717) is 6.04 Å². The highest BCUT2D eigenvalue weighted by atomic mass is 32.2. The average Bonchev–Trinajstić information content (AvgIpc) is 2.76. The summed E-state index contributed by atoms with van der Waals surface area (Å²) in [6, 6.07) is 0.532. The summed E-state index contributed by atoms with van der Waals surface area (Å²) in [5, 5.41) is 6.85. The minimum atomic E-state index is -0.560. The van der Waals surface area contributed by atoms with Crippen LogP contribution in [0.5, 0.6) is 0 Å². The molecule has 0 aliphatic carbocycles. The molecule has 1 aromatic rings. The lowest BCUT2D eigenvalue weighted by atomic mass is 10.1. The summed E-state index contributed by atoms with van der Waals surface area (Å²) in [6.07, 6.45) is 3.10. The Morgan fingerprint density at radius 3 is 2.94 bits per heavy atom. The third-order valence-corrected chi connectivity index (χ3v) is 5.29. The summed E-state index contributed by atoms with van der Waals surface area (Å²) in [6.45, 7) is 2.99. The molecular formula is C11H18N2OS2. The van der Waals surface area contributed by atoms with Crippen molar-refractivity contribution in [1.82, 2.24) is 10.3 Å². The molecule has 2 rings (SSSR count). The second-order valence-electron chi connectivity index (χ2n) is 4.09. The fraction of sp³-hybridized carbons (Fsp3) is 0.727. The Kier molecular flexibility index (Phi) is 4.49. The van der Waals surface area contributed by atoms with Gasteiger partial charge in [-0.1, -0.05) is 6.92 Å². The molecule has 0 unspecified atom stereocenters. The lowest BCUT2D eigenvalue weighted by molar-refractivity contribution is 0.472. The van der Waals surface area contributed by atoms with Crippen molar-refractivity contribution in [3.05, 3.63) is 16.1 Å². The molecule has 1 saturated heterocycles. The number of hydrogen-bond donors (Lipinski definition) is 1. The fourth-order valence-electron chi connectivity index (χ4n) is 1.84. The minimum absolute atomic E-state index is 0.532. The highest BCUT2D eigenvalue weighted by Crippen LogP contribution is 2.12. The molecule has 0 saturated carbocycles. The molecule has 5 heteroatoms. The second-order valence-corrected chi connectivity index (χ2v) is 6.73. The molecule has 1 aliphatic heterocycles. The van der Waals surface area contributed by atoms with Crippen LogP contribution in [0.4, 0.5) is 0 Å². The van der Waals surface area contributed by atoms with E-state index in [1.165, 1.54) is 5.01 Å². The molecule has 2 heterocycles. The SMILES string of the molecule is CCc1nc(CNC2CCS(=O)CC2)cs1. The number of rotatable bonds is 4. The van der Waals surface area contributed by atoms with E-state index in [-0.39, 0.29) is 0 Å². The van der Waals surface area contributed by atoms with Crippen molar-refractivity contribution >= 4 is 22.1 Å². The molecule has 16 heavy (non-hydrogen) atoms. The molecule has 0 bridgehead atoms. The maximum Gasteiger partial charge on any atom is 0.0926 e. The van der Waals surface area contributed by atoms with Crippen molar-refractivity contribution < 1.29 is 4.21 Å². The molecule has 3 nitrogen and oxygen atoms in total. The topological polar surface area (TPSA) is 42.0 Å². The Morgan fingerprint density at radius 2 is 2.31 bits per heavy atom. The van der Waals surface area contributed by atoms with Gasteiger partial charge in [0.05, 0.1) is 10.7 Å². The molecule has 1 N–H and O–H groups in total. The molecule has 1 fully saturated rings. The number of aryl methyl sites for hydroxylation is 1. The second kappa shape index (κ2) is 5.89. The van der Waals surface area contributed by atoms with Crippen molar-refractivity contribution in [2.24, 2.45) is 0 Å². The fourth-order valence-corrected chi connectivity index (χ4v) is 3.88. The predicted octanol–water partition coefficient (Wildman–Crippen LogP) is 1.71. The highest BCUT2D eigenvalue weighted by Gasteiger charge is 2.17. The maximum absolute atomic E-state index is 11.2. The standard InChI is InChI=1S/C11H18N2OS2/c1-2-11-13-10(8-15-11)7-12-9-3-5-16(14)6-4-9/h8-9,12H,2-7H2,1H3. The van der Waals surface area contributed by atoms with Gasteiger partial charge in [0.15, 0.2) is 0 Å². The van der Waals surface area contributed by atoms with Crippen LogP contribution in [0, 0.1) is 0 Å². The molecule has 0 spiro atoms. The Hall–Kier alpha value is -0.260. The van der Waals surface area contributed by atoms with Crippen LogP contribution in [0.25, 0.3) is 0 Å². The molecule has 1 aliphatic rings. The highest BCUT2D eigenvalue weighted by molar-refractivity contribution is 7.85. The van der Waals surface area contributed by atoms with Crippen LogP contribution >= 0.6 is 11.3 Å². The minimum Gasteiger partial charge on any atom is -0.308 e. The van der Waals surface area contributed by atoms with Gasteiger partial charge < -0.3 is 5.32 Å². The first-order valence-electron chi connectivity index (χ1n) is 5.79. The van der Waals surface area contributed by atoms with E-state index >= 15 is 0 Å². The summed E-state index contributed by atoms with van der Waals surface area (Å²) in [7, 11) is -0.560. The van der Waals surface area contributed by atoms with Crippen molar-refractivity contribution in [2.45, 2.75) is 38.8 Å². The van der Waals surface area contributed by atoms with Crippen LogP contribution in [0.15, 0.2) is 5.38 Å². The number of aromatic nitrogens is 1. The lowest BCUT2D eigenvalue weighted by Crippen LogP contribution is -2.35. The Labute approximate surface area is 103 Å². The summed E-state index contributed by atoms with van der Waals surface area (Å²) in [4.78, 5) is 4.52. The van der Waals surface area contributed by atoms with Gasteiger partial charge in [0.2, 0.25) is 0 Å². The van der Waals surface area contributed by atoms with Crippen LogP contribution in [0.1, 0.15) is 30.5 Å². The Bertz CT molecular complexity index is 355. The van der Waals surface area contributed by atoms with Crippen LogP contribution < -0.4 is 5.32 Å². The van der Waals surface area contributed by atoms with Gasteiger partial charge in [-0.25, -0.2) is 4.98 Å². The van der Waals surface area contributed by atoms with E-state index in [1.807, 2.05) is 0 Å². The zero-order valence-electron chi connectivity index (χ0n) is 9.57. The number of hydrogen-bond acceptors (Lipinski definition) is 4. The third kappa shape index (κ3) is 3.37. The smallest absolute Gasteiger partial charge is 0.0926 e. The molecule has 0 atom stereocenters. The largest absolute Gasteiger partial charge is 0.308 e. The first-order chi connectivity index (χ1) is 7.78. The van der Waals surface area contributed by atoms with E-state index < -0.39 is 10.8 Å². The van der Waals surface area contributed by atoms with E-state index in [2.05, 4.69) is 22.6 Å². The van der Waals surface area contributed by atoms with Gasteiger partial charge >= 0.3 is 0 Å². The van der Waals surface area contributed by atoms with E-state index in [4.69, 9.17) is 0 Å². The lowest BCUT2D eigenvalue weighted by Gasteiger charge is -2.22. The van der Waals surface area contributed by atoms with Gasteiger partial charge in [0.25, 0.3) is 0 Å². The van der Waals surface area contributed by atoms with Crippen molar-refractivity contribution in [1.29, 1.82) is 0 Å². The quantitative estimate of drug-likeness (QED) is 0.894. The van der Waals surface area contributed by atoms with Crippen LogP contribution in [-0.2, 0) is 23.8 Å². The van der Waals surface area contributed by atoms with Gasteiger partial charge in [-0.05, 0) is 19.3 Å². The Balaban J connectivity index is 1.76. The van der Waals surface area contributed by atoms with E-state index in [9.17, 15) is 4.21 Å². The molecule has 0 aromatic carbocycles. The molecular weight excluding hydrogens is 240 g/mol. The zero-order chi connectivity index (χ0) is 11.4. The average molecular weight is 258 g/mol. The monoisotopic (exact) mass is 258 g/mol. The van der Waals surface area contributed by atoms with Crippen molar-refractivity contribution in [2.75, 3.05) is 11.5 Å². The van der Waals surface area contributed by atoms with Crippen molar-refractivity contribution in [3.63, 3.8) is 0 Å². The van der Waals surface area contributed by atoms with Gasteiger partial charge in [0, 0.05) is 40.3 Å².